The lowest BCUT2D eigenvalue weighted by Crippen LogP contribution is -2.23. The Kier molecular flexibility index (Phi) is 4.22. The van der Waals surface area contributed by atoms with E-state index in [0.717, 1.165) is 12.1 Å². The van der Waals surface area contributed by atoms with Crippen molar-refractivity contribution in [3.63, 3.8) is 0 Å². The van der Waals surface area contributed by atoms with Gasteiger partial charge in [-0.15, -0.1) is 0 Å². The van der Waals surface area contributed by atoms with E-state index in [1.807, 2.05) is 0 Å². The maximum atomic E-state index is 12.8. The highest BCUT2D eigenvalue weighted by atomic mass is 32.2. The monoisotopic (exact) mass is 334 g/mol. The minimum atomic E-state index is -4.16. The minimum Gasteiger partial charge on any atom is -0.507 e. The summed E-state index contributed by atoms with van der Waals surface area (Å²) >= 11 is 0. The predicted molar refractivity (Wildman–Crippen MR) is 85.5 cm³/mol. The van der Waals surface area contributed by atoms with Crippen LogP contribution in [0.15, 0.2) is 52.3 Å². The van der Waals surface area contributed by atoms with Crippen LogP contribution in [-0.2, 0) is 9.84 Å². The molecule has 2 rings (SSSR count). The number of ketones is 1. The molecule has 0 atom stereocenters. The van der Waals surface area contributed by atoms with Gasteiger partial charge in [0.15, 0.2) is 5.78 Å². The zero-order chi connectivity index (χ0) is 17.4. The van der Waals surface area contributed by atoms with E-state index in [1.54, 1.807) is 26.8 Å². The van der Waals surface area contributed by atoms with Gasteiger partial charge in [0, 0.05) is 5.41 Å². The number of rotatable bonds is 3. The van der Waals surface area contributed by atoms with Crippen molar-refractivity contribution in [1.29, 1.82) is 0 Å². The van der Waals surface area contributed by atoms with Gasteiger partial charge < -0.3 is 10.2 Å². The van der Waals surface area contributed by atoms with Crippen LogP contribution in [0.4, 0.5) is 0 Å². The van der Waals surface area contributed by atoms with Crippen LogP contribution in [-0.4, -0.2) is 24.4 Å². The molecule has 2 N–H and O–H groups in total. The summed E-state index contributed by atoms with van der Waals surface area (Å²) in [7, 11) is -4.16. The van der Waals surface area contributed by atoms with E-state index in [-0.39, 0.29) is 10.5 Å². The number of carbonyl (C=O) groups excluding carboxylic acids is 1. The number of hydrogen-bond acceptors (Lipinski definition) is 5. The number of sulfone groups is 1. The van der Waals surface area contributed by atoms with Crippen molar-refractivity contribution in [2.75, 3.05) is 0 Å². The van der Waals surface area contributed by atoms with E-state index in [2.05, 4.69) is 0 Å². The second kappa shape index (κ2) is 5.70. The molecule has 2 aromatic carbocycles. The Morgan fingerprint density at radius 3 is 1.96 bits per heavy atom. The molecule has 0 heterocycles. The molecular formula is C17H18O5S. The van der Waals surface area contributed by atoms with Crippen LogP contribution in [0.25, 0.3) is 0 Å². The van der Waals surface area contributed by atoms with E-state index in [0.29, 0.717) is 0 Å². The smallest absolute Gasteiger partial charge is 0.211 e. The normalized spacial score (nSPS) is 12.1. The molecule has 5 nitrogen and oxygen atoms in total. The number of aromatic hydroxyl groups is 2. The molecule has 0 saturated carbocycles. The summed E-state index contributed by atoms with van der Waals surface area (Å²) in [6.45, 7) is 4.83. The lowest BCUT2D eigenvalue weighted by molar-refractivity contribution is 0.0851. The van der Waals surface area contributed by atoms with Gasteiger partial charge in [0.2, 0.25) is 9.84 Å². The van der Waals surface area contributed by atoms with E-state index in [4.69, 9.17) is 0 Å². The van der Waals surface area contributed by atoms with Gasteiger partial charge in [0.25, 0.3) is 0 Å². The lowest BCUT2D eigenvalue weighted by Gasteiger charge is -2.20. The Morgan fingerprint density at radius 1 is 0.913 bits per heavy atom. The molecule has 6 heteroatoms. The molecule has 0 aliphatic rings. The van der Waals surface area contributed by atoms with Crippen LogP contribution in [0.1, 0.15) is 31.1 Å². The highest BCUT2D eigenvalue weighted by Gasteiger charge is 2.35. The zero-order valence-corrected chi connectivity index (χ0v) is 13.9. The highest BCUT2D eigenvalue weighted by Crippen LogP contribution is 2.39. The average molecular weight is 334 g/mol. The molecule has 122 valence electrons. The Balaban J connectivity index is 2.83. The van der Waals surface area contributed by atoms with Crippen molar-refractivity contribution in [3.8, 4) is 11.5 Å². The fraction of sp³-hybridized carbons (Fsp3) is 0.235. The third-order valence-corrected chi connectivity index (χ3v) is 5.19. The van der Waals surface area contributed by atoms with E-state index in [9.17, 15) is 23.4 Å². The summed E-state index contributed by atoms with van der Waals surface area (Å²) in [6.07, 6.45) is 0. The Bertz CT molecular complexity index is 847. The van der Waals surface area contributed by atoms with Crippen LogP contribution < -0.4 is 0 Å². The fourth-order valence-corrected chi connectivity index (χ4v) is 3.71. The number of phenolic OH excluding ortho intramolecular Hbond substituents is 2. The van der Waals surface area contributed by atoms with Crippen molar-refractivity contribution >= 4 is 15.6 Å². The van der Waals surface area contributed by atoms with Gasteiger partial charge in [-0.25, -0.2) is 8.42 Å². The Labute approximate surface area is 135 Å². The molecule has 0 bridgehead atoms. The molecule has 0 amide bonds. The quantitative estimate of drug-likeness (QED) is 0.664. The fourth-order valence-electron chi connectivity index (χ4n) is 2.15. The molecule has 0 saturated heterocycles. The van der Waals surface area contributed by atoms with Crippen LogP contribution in [0.2, 0.25) is 0 Å². The molecule has 0 aliphatic heterocycles. The molecule has 23 heavy (non-hydrogen) atoms. The second-order valence-corrected chi connectivity index (χ2v) is 8.09. The van der Waals surface area contributed by atoms with Gasteiger partial charge in [-0.3, -0.25) is 4.79 Å². The molecule has 0 radical (unpaired) electrons. The summed E-state index contributed by atoms with van der Waals surface area (Å²) in [6, 6.07) is 9.63. The second-order valence-electron chi connectivity index (χ2n) is 6.20. The van der Waals surface area contributed by atoms with E-state index in [1.165, 1.54) is 24.3 Å². The summed E-state index contributed by atoms with van der Waals surface area (Å²) in [5, 5.41) is 20.1. The van der Waals surface area contributed by atoms with Gasteiger partial charge in [-0.05, 0) is 24.3 Å². The first-order valence-corrected chi connectivity index (χ1v) is 8.45. The molecule has 0 unspecified atom stereocenters. The van der Waals surface area contributed by atoms with Crippen LogP contribution in [0, 0.1) is 5.41 Å². The Morgan fingerprint density at radius 2 is 1.43 bits per heavy atom. The van der Waals surface area contributed by atoms with Crippen molar-refractivity contribution in [2.45, 2.75) is 30.6 Å². The third-order valence-electron chi connectivity index (χ3n) is 3.35. The molecule has 2 aromatic rings. The van der Waals surface area contributed by atoms with Crippen molar-refractivity contribution in [2.24, 2.45) is 5.41 Å². The first-order chi connectivity index (χ1) is 10.6. The number of benzene rings is 2. The minimum absolute atomic E-state index is 0.0659. The number of carbonyl (C=O) groups is 1. The van der Waals surface area contributed by atoms with Crippen LogP contribution >= 0.6 is 0 Å². The standard InChI is InChI=1S/C17H18O5S/c1-17(2,3)16(20)14-12(18)9-10-13(19)15(14)23(21,22)11-7-5-4-6-8-11/h4-10,18-19H,1-3H3. The summed E-state index contributed by atoms with van der Waals surface area (Å²) in [4.78, 5) is 12.0. The van der Waals surface area contributed by atoms with Crippen molar-refractivity contribution in [1.82, 2.24) is 0 Å². The van der Waals surface area contributed by atoms with E-state index < -0.39 is 37.4 Å². The predicted octanol–water partition coefficient (Wildman–Crippen LogP) is 3.16. The van der Waals surface area contributed by atoms with Gasteiger partial charge in [0.1, 0.15) is 16.4 Å². The number of Topliss-reactive ketones (excluding diaryl/α,β-unsaturated/α-hetero) is 1. The third kappa shape index (κ3) is 3.07. The summed E-state index contributed by atoms with van der Waals surface area (Å²) < 4.78 is 25.7. The van der Waals surface area contributed by atoms with Crippen LogP contribution in [0.3, 0.4) is 0 Å². The molecular weight excluding hydrogens is 316 g/mol. The Hall–Kier alpha value is -2.34. The SMILES string of the molecule is CC(C)(C)C(=O)c1c(O)ccc(O)c1S(=O)(=O)c1ccccc1. The zero-order valence-electron chi connectivity index (χ0n) is 13.1. The summed E-state index contributed by atoms with van der Waals surface area (Å²) in [5.41, 5.74) is -1.31. The number of phenols is 2. The molecule has 0 aromatic heterocycles. The molecule has 0 aliphatic carbocycles. The number of hydrogen-bond donors (Lipinski definition) is 2. The van der Waals surface area contributed by atoms with Gasteiger partial charge in [-0.2, -0.15) is 0 Å². The van der Waals surface area contributed by atoms with Gasteiger partial charge >= 0.3 is 0 Å². The highest BCUT2D eigenvalue weighted by molar-refractivity contribution is 7.91. The first-order valence-electron chi connectivity index (χ1n) is 6.96. The lowest BCUT2D eigenvalue weighted by atomic mass is 9.86. The van der Waals surface area contributed by atoms with Crippen molar-refractivity contribution < 1.29 is 23.4 Å². The van der Waals surface area contributed by atoms with Crippen molar-refractivity contribution in [3.05, 3.63) is 48.0 Å². The van der Waals surface area contributed by atoms with Crippen LogP contribution in [0.5, 0.6) is 11.5 Å². The maximum Gasteiger partial charge on any atom is 0.211 e. The van der Waals surface area contributed by atoms with E-state index >= 15 is 0 Å². The van der Waals surface area contributed by atoms with Gasteiger partial charge in [0.05, 0.1) is 10.5 Å². The first kappa shape index (κ1) is 17.0. The van der Waals surface area contributed by atoms with Gasteiger partial charge in [-0.1, -0.05) is 39.0 Å². The summed E-state index contributed by atoms with van der Waals surface area (Å²) in [5.74, 6) is -1.61. The molecule has 0 spiro atoms. The largest absolute Gasteiger partial charge is 0.507 e. The maximum absolute atomic E-state index is 12.8. The topological polar surface area (TPSA) is 91.7 Å². The molecule has 0 fully saturated rings. The average Bonchev–Trinajstić information content (AvgIpc) is 2.48.